The molecule has 0 saturated carbocycles. The fourth-order valence-electron chi connectivity index (χ4n) is 1.81. The Balaban J connectivity index is 2.11. The largest absolute Gasteiger partial charge is 0.477 e. The lowest BCUT2D eigenvalue weighted by atomic mass is 10.2. The van der Waals surface area contributed by atoms with Gasteiger partial charge in [0.15, 0.2) is 0 Å². The molecule has 2 rings (SSSR count). The number of aromatic nitrogens is 3. The molecular weight excluding hydrogens is 276 g/mol. The van der Waals surface area contributed by atoms with Crippen molar-refractivity contribution in [3.63, 3.8) is 0 Å². The van der Waals surface area contributed by atoms with Crippen LogP contribution >= 0.6 is 0 Å². The van der Waals surface area contributed by atoms with Gasteiger partial charge in [-0.2, -0.15) is 4.98 Å². The van der Waals surface area contributed by atoms with Gasteiger partial charge in [-0.1, -0.05) is 33.8 Å². The van der Waals surface area contributed by atoms with E-state index in [1.165, 1.54) is 0 Å². The third-order valence-corrected chi connectivity index (χ3v) is 3.00. The summed E-state index contributed by atoms with van der Waals surface area (Å²) in [5, 5.41) is 3.31. The van der Waals surface area contributed by atoms with E-state index in [0.717, 1.165) is 17.2 Å². The highest BCUT2D eigenvalue weighted by atomic mass is 16.5. The van der Waals surface area contributed by atoms with Crippen LogP contribution in [0.25, 0.3) is 0 Å². The Kier molecular flexibility index (Phi) is 5.69. The van der Waals surface area contributed by atoms with Crippen molar-refractivity contribution in [3.8, 4) is 5.88 Å². The standard InChI is InChI=1S/C17H24N4O/c1-12(2)11-22-16-8-15(20-17(21-16)13(3)4)19-10-14-6-5-7-18-9-14/h5-9,12-13H,10-11H2,1-4H3,(H,19,20,21). The normalized spacial score (nSPS) is 11.0. The Morgan fingerprint density at radius 3 is 2.64 bits per heavy atom. The van der Waals surface area contributed by atoms with E-state index in [-0.39, 0.29) is 5.92 Å². The van der Waals surface area contributed by atoms with Gasteiger partial charge in [0, 0.05) is 30.9 Å². The molecule has 2 aromatic rings. The molecule has 22 heavy (non-hydrogen) atoms. The van der Waals surface area contributed by atoms with Crippen LogP contribution in [0.2, 0.25) is 0 Å². The summed E-state index contributed by atoms with van der Waals surface area (Å²) in [5.41, 5.74) is 1.11. The number of hydrogen-bond donors (Lipinski definition) is 1. The average Bonchev–Trinajstić information content (AvgIpc) is 2.52. The summed E-state index contributed by atoms with van der Waals surface area (Å²) in [6.45, 7) is 9.71. The van der Waals surface area contributed by atoms with Gasteiger partial charge in [-0.3, -0.25) is 4.98 Å². The van der Waals surface area contributed by atoms with Gasteiger partial charge in [-0.15, -0.1) is 0 Å². The minimum absolute atomic E-state index is 0.251. The Bertz CT molecular complexity index is 584. The van der Waals surface area contributed by atoms with E-state index in [0.29, 0.717) is 24.9 Å². The highest BCUT2D eigenvalue weighted by Crippen LogP contribution is 2.19. The average molecular weight is 300 g/mol. The van der Waals surface area contributed by atoms with Crippen LogP contribution in [0.3, 0.4) is 0 Å². The molecule has 0 fully saturated rings. The molecule has 0 aliphatic carbocycles. The first-order valence-corrected chi connectivity index (χ1v) is 7.69. The predicted molar refractivity (Wildman–Crippen MR) is 88.0 cm³/mol. The second kappa shape index (κ2) is 7.73. The third kappa shape index (κ3) is 4.98. The second-order valence-corrected chi connectivity index (χ2v) is 6.02. The summed E-state index contributed by atoms with van der Waals surface area (Å²) in [7, 11) is 0. The Morgan fingerprint density at radius 2 is 2.00 bits per heavy atom. The van der Waals surface area contributed by atoms with Crippen LogP contribution in [-0.2, 0) is 6.54 Å². The first kappa shape index (κ1) is 16.2. The molecular formula is C17H24N4O. The molecule has 118 valence electrons. The number of anilines is 1. The minimum atomic E-state index is 0.251. The van der Waals surface area contributed by atoms with E-state index in [1.54, 1.807) is 6.20 Å². The van der Waals surface area contributed by atoms with Gasteiger partial charge in [0.1, 0.15) is 11.6 Å². The molecule has 0 aromatic carbocycles. The van der Waals surface area contributed by atoms with Crippen molar-refractivity contribution in [1.82, 2.24) is 15.0 Å². The molecule has 0 atom stereocenters. The van der Waals surface area contributed by atoms with Crippen LogP contribution in [0.15, 0.2) is 30.6 Å². The SMILES string of the molecule is CC(C)COc1cc(NCc2cccnc2)nc(C(C)C)n1. The van der Waals surface area contributed by atoms with Gasteiger partial charge >= 0.3 is 0 Å². The van der Waals surface area contributed by atoms with Crippen molar-refractivity contribution in [2.45, 2.75) is 40.2 Å². The van der Waals surface area contributed by atoms with Crippen molar-refractivity contribution in [3.05, 3.63) is 42.0 Å². The van der Waals surface area contributed by atoms with Gasteiger partial charge in [-0.05, 0) is 17.5 Å². The predicted octanol–water partition coefficient (Wildman–Crippen LogP) is 3.64. The van der Waals surface area contributed by atoms with Crippen LogP contribution in [0.4, 0.5) is 5.82 Å². The van der Waals surface area contributed by atoms with E-state index in [2.05, 4.69) is 48.0 Å². The number of ether oxygens (including phenoxy) is 1. The molecule has 0 amide bonds. The molecule has 0 aliphatic heterocycles. The maximum atomic E-state index is 5.75. The highest BCUT2D eigenvalue weighted by molar-refractivity contribution is 5.39. The first-order chi connectivity index (χ1) is 10.5. The van der Waals surface area contributed by atoms with E-state index in [4.69, 9.17) is 4.74 Å². The Hall–Kier alpha value is -2.17. The summed E-state index contributed by atoms with van der Waals surface area (Å²) < 4.78 is 5.75. The Labute approximate surface area is 132 Å². The lowest BCUT2D eigenvalue weighted by Gasteiger charge is -2.13. The molecule has 0 aliphatic rings. The second-order valence-electron chi connectivity index (χ2n) is 6.02. The summed E-state index contributed by atoms with van der Waals surface area (Å²) in [6, 6.07) is 5.80. The lowest BCUT2D eigenvalue weighted by Crippen LogP contribution is -2.10. The quantitative estimate of drug-likeness (QED) is 0.846. The van der Waals surface area contributed by atoms with Crippen LogP contribution in [-0.4, -0.2) is 21.6 Å². The molecule has 1 N–H and O–H groups in total. The maximum absolute atomic E-state index is 5.75. The first-order valence-electron chi connectivity index (χ1n) is 7.69. The van der Waals surface area contributed by atoms with Crippen LogP contribution < -0.4 is 10.1 Å². The van der Waals surface area contributed by atoms with Crippen LogP contribution in [0.5, 0.6) is 5.88 Å². The third-order valence-electron chi connectivity index (χ3n) is 3.00. The number of nitrogens with one attached hydrogen (secondary N) is 1. The van der Waals surface area contributed by atoms with Crippen molar-refractivity contribution in [2.24, 2.45) is 5.92 Å². The highest BCUT2D eigenvalue weighted by Gasteiger charge is 2.09. The minimum Gasteiger partial charge on any atom is -0.477 e. The molecule has 0 spiro atoms. The molecule has 2 heterocycles. The molecule has 0 unspecified atom stereocenters. The summed E-state index contributed by atoms with van der Waals surface area (Å²) in [5.74, 6) is 2.91. The zero-order valence-electron chi connectivity index (χ0n) is 13.7. The van der Waals surface area contributed by atoms with Crippen LogP contribution in [0, 0.1) is 5.92 Å². The summed E-state index contributed by atoms with van der Waals surface area (Å²) in [6.07, 6.45) is 3.61. The molecule has 5 heteroatoms. The van der Waals surface area contributed by atoms with Crippen molar-refractivity contribution in [1.29, 1.82) is 0 Å². The molecule has 0 radical (unpaired) electrons. The molecule has 0 bridgehead atoms. The van der Waals surface area contributed by atoms with Gasteiger partial charge in [0.25, 0.3) is 0 Å². The van der Waals surface area contributed by atoms with Crippen molar-refractivity contribution in [2.75, 3.05) is 11.9 Å². The molecule has 5 nitrogen and oxygen atoms in total. The van der Waals surface area contributed by atoms with Gasteiger partial charge < -0.3 is 10.1 Å². The maximum Gasteiger partial charge on any atom is 0.218 e. The zero-order chi connectivity index (χ0) is 15.9. The Morgan fingerprint density at radius 1 is 1.18 bits per heavy atom. The smallest absolute Gasteiger partial charge is 0.218 e. The zero-order valence-corrected chi connectivity index (χ0v) is 13.7. The van der Waals surface area contributed by atoms with Crippen molar-refractivity contribution >= 4 is 5.82 Å². The van der Waals surface area contributed by atoms with E-state index in [1.807, 2.05) is 24.4 Å². The van der Waals surface area contributed by atoms with Gasteiger partial charge in [0.2, 0.25) is 5.88 Å². The molecule has 2 aromatic heterocycles. The molecule has 0 saturated heterocycles. The summed E-state index contributed by atoms with van der Waals surface area (Å²) in [4.78, 5) is 13.1. The number of rotatable bonds is 7. The lowest BCUT2D eigenvalue weighted by molar-refractivity contribution is 0.260. The number of hydrogen-bond acceptors (Lipinski definition) is 5. The van der Waals surface area contributed by atoms with Crippen LogP contribution in [0.1, 0.15) is 45.0 Å². The van der Waals surface area contributed by atoms with Crippen molar-refractivity contribution < 1.29 is 4.74 Å². The topological polar surface area (TPSA) is 59.9 Å². The number of nitrogens with zero attached hydrogens (tertiary/aromatic N) is 3. The van der Waals surface area contributed by atoms with E-state index < -0.39 is 0 Å². The number of pyridine rings is 1. The van der Waals surface area contributed by atoms with Gasteiger partial charge in [0.05, 0.1) is 6.61 Å². The fraction of sp³-hybridized carbons (Fsp3) is 0.471. The van der Waals surface area contributed by atoms with E-state index in [9.17, 15) is 0 Å². The van der Waals surface area contributed by atoms with Gasteiger partial charge in [-0.25, -0.2) is 4.98 Å². The summed E-state index contributed by atoms with van der Waals surface area (Å²) >= 11 is 0. The van der Waals surface area contributed by atoms with E-state index >= 15 is 0 Å². The fourth-order valence-corrected chi connectivity index (χ4v) is 1.81. The monoisotopic (exact) mass is 300 g/mol.